The molecule has 0 radical (unpaired) electrons. The number of hydrogen-bond donors (Lipinski definition) is 1. The maximum absolute atomic E-state index is 6.16. The van der Waals surface area contributed by atoms with Crippen LogP contribution in [0.2, 0.25) is 15.1 Å². The van der Waals surface area contributed by atoms with Gasteiger partial charge in [-0.3, -0.25) is 0 Å². The van der Waals surface area contributed by atoms with E-state index in [1.807, 2.05) is 31.2 Å². The van der Waals surface area contributed by atoms with Crippen LogP contribution in [0.25, 0.3) is 0 Å². The molecular weight excluding hydrogens is 317 g/mol. The molecule has 0 spiro atoms. The molecule has 0 aliphatic rings. The van der Waals surface area contributed by atoms with E-state index in [1.165, 1.54) is 0 Å². The first-order valence-corrected chi connectivity index (χ1v) is 7.19. The molecule has 2 aromatic rings. The maximum Gasteiger partial charge on any atom is 0.118 e. The maximum atomic E-state index is 6.16. The van der Waals surface area contributed by atoms with Gasteiger partial charge in [0, 0.05) is 6.04 Å². The highest BCUT2D eigenvalue weighted by atomic mass is 35.5. The fourth-order valence-corrected chi connectivity index (χ4v) is 2.44. The standard InChI is InChI=1S/C15H14Cl3NO/c1-9(10-3-5-11(20-2)6-4-10)19-15-8-13(17)12(16)7-14(15)18/h3-9,19H,1-2H3. The normalized spacial score (nSPS) is 12.1. The van der Waals surface area contributed by atoms with Gasteiger partial charge in [0.2, 0.25) is 0 Å². The predicted octanol–water partition coefficient (Wildman–Crippen LogP) is 5.83. The Balaban J connectivity index is 2.18. The first-order valence-electron chi connectivity index (χ1n) is 6.06. The van der Waals surface area contributed by atoms with E-state index in [0.717, 1.165) is 17.0 Å². The average Bonchev–Trinajstić information content (AvgIpc) is 2.44. The lowest BCUT2D eigenvalue weighted by Gasteiger charge is -2.17. The molecule has 0 saturated heterocycles. The molecule has 0 bridgehead atoms. The van der Waals surface area contributed by atoms with E-state index >= 15 is 0 Å². The molecule has 0 aliphatic carbocycles. The molecule has 0 heterocycles. The molecule has 0 aliphatic heterocycles. The third kappa shape index (κ3) is 3.51. The van der Waals surface area contributed by atoms with Gasteiger partial charge in [0.05, 0.1) is 27.9 Å². The van der Waals surface area contributed by atoms with E-state index in [-0.39, 0.29) is 6.04 Å². The Bertz CT molecular complexity index is 599. The second-order valence-corrected chi connectivity index (χ2v) is 5.61. The number of hydrogen-bond acceptors (Lipinski definition) is 2. The lowest BCUT2D eigenvalue weighted by molar-refractivity contribution is 0.414. The topological polar surface area (TPSA) is 21.3 Å². The molecule has 1 N–H and O–H groups in total. The van der Waals surface area contributed by atoms with Gasteiger partial charge in [-0.05, 0) is 36.8 Å². The summed E-state index contributed by atoms with van der Waals surface area (Å²) in [7, 11) is 1.65. The molecule has 0 saturated carbocycles. The molecule has 1 atom stereocenters. The summed E-state index contributed by atoms with van der Waals surface area (Å²) in [5.74, 6) is 0.827. The van der Waals surface area contributed by atoms with Crippen molar-refractivity contribution in [1.82, 2.24) is 0 Å². The van der Waals surface area contributed by atoms with Gasteiger partial charge in [-0.15, -0.1) is 0 Å². The van der Waals surface area contributed by atoms with E-state index in [1.54, 1.807) is 19.2 Å². The molecule has 0 amide bonds. The van der Waals surface area contributed by atoms with Gasteiger partial charge in [-0.2, -0.15) is 0 Å². The number of benzene rings is 2. The second kappa shape index (κ2) is 6.57. The number of nitrogens with one attached hydrogen (secondary N) is 1. The van der Waals surface area contributed by atoms with E-state index in [4.69, 9.17) is 39.5 Å². The van der Waals surface area contributed by atoms with Crippen molar-refractivity contribution >= 4 is 40.5 Å². The minimum Gasteiger partial charge on any atom is -0.497 e. The fraction of sp³-hybridized carbons (Fsp3) is 0.200. The first-order chi connectivity index (χ1) is 9.51. The molecular formula is C15H14Cl3NO. The molecule has 0 aromatic heterocycles. The predicted molar refractivity (Wildman–Crippen MR) is 86.5 cm³/mol. The highest BCUT2D eigenvalue weighted by Gasteiger charge is 2.10. The number of anilines is 1. The minimum atomic E-state index is 0.0793. The molecule has 20 heavy (non-hydrogen) atoms. The minimum absolute atomic E-state index is 0.0793. The SMILES string of the molecule is COc1ccc(C(C)Nc2cc(Cl)c(Cl)cc2Cl)cc1. The van der Waals surface area contributed by atoms with Gasteiger partial charge in [-0.25, -0.2) is 0 Å². The Morgan fingerprint density at radius 1 is 0.950 bits per heavy atom. The smallest absolute Gasteiger partial charge is 0.118 e. The van der Waals surface area contributed by atoms with Crippen molar-refractivity contribution in [2.24, 2.45) is 0 Å². The van der Waals surface area contributed by atoms with Gasteiger partial charge >= 0.3 is 0 Å². The van der Waals surface area contributed by atoms with Crippen LogP contribution < -0.4 is 10.1 Å². The van der Waals surface area contributed by atoms with Gasteiger partial charge < -0.3 is 10.1 Å². The van der Waals surface area contributed by atoms with E-state index < -0.39 is 0 Å². The van der Waals surface area contributed by atoms with Crippen LogP contribution in [0.15, 0.2) is 36.4 Å². The largest absolute Gasteiger partial charge is 0.497 e. The molecule has 106 valence electrons. The van der Waals surface area contributed by atoms with Gasteiger partial charge in [0.15, 0.2) is 0 Å². The Kier molecular flexibility index (Phi) is 5.03. The Morgan fingerprint density at radius 3 is 2.15 bits per heavy atom. The highest BCUT2D eigenvalue weighted by Crippen LogP contribution is 2.34. The van der Waals surface area contributed by atoms with E-state index in [9.17, 15) is 0 Å². The van der Waals surface area contributed by atoms with Crippen molar-refractivity contribution < 1.29 is 4.74 Å². The van der Waals surface area contributed by atoms with Crippen molar-refractivity contribution in [2.45, 2.75) is 13.0 Å². The quantitative estimate of drug-likeness (QED) is 0.712. The molecule has 2 rings (SSSR count). The summed E-state index contributed by atoms with van der Waals surface area (Å²) < 4.78 is 5.14. The van der Waals surface area contributed by atoms with Crippen LogP contribution in [0, 0.1) is 0 Å². The lowest BCUT2D eigenvalue weighted by Crippen LogP contribution is -2.07. The Morgan fingerprint density at radius 2 is 1.55 bits per heavy atom. The first kappa shape index (κ1) is 15.3. The van der Waals surface area contributed by atoms with Gasteiger partial charge in [0.25, 0.3) is 0 Å². The van der Waals surface area contributed by atoms with Crippen LogP contribution in [0.4, 0.5) is 5.69 Å². The summed E-state index contributed by atoms with van der Waals surface area (Å²) in [4.78, 5) is 0. The number of halogens is 3. The van der Waals surface area contributed by atoms with E-state index in [0.29, 0.717) is 15.1 Å². The zero-order chi connectivity index (χ0) is 14.7. The molecule has 0 fully saturated rings. The summed E-state index contributed by atoms with van der Waals surface area (Å²) in [6.45, 7) is 2.04. The Labute approximate surface area is 133 Å². The molecule has 5 heteroatoms. The zero-order valence-corrected chi connectivity index (χ0v) is 13.4. The van der Waals surface area contributed by atoms with Crippen LogP contribution >= 0.6 is 34.8 Å². The summed E-state index contributed by atoms with van der Waals surface area (Å²) in [5, 5.41) is 4.77. The van der Waals surface area contributed by atoms with Crippen molar-refractivity contribution in [3.05, 3.63) is 57.0 Å². The monoisotopic (exact) mass is 329 g/mol. The summed E-state index contributed by atoms with van der Waals surface area (Å²) in [6, 6.07) is 11.3. The van der Waals surface area contributed by atoms with Crippen LogP contribution in [0.3, 0.4) is 0 Å². The summed E-state index contributed by atoms with van der Waals surface area (Å²) in [6.07, 6.45) is 0. The Hall–Kier alpha value is -1.09. The van der Waals surface area contributed by atoms with Gasteiger partial charge in [0.1, 0.15) is 5.75 Å². The van der Waals surface area contributed by atoms with Gasteiger partial charge in [-0.1, -0.05) is 46.9 Å². The van der Waals surface area contributed by atoms with E-state index in [2.05, 4.69) is 5.32 Å². The van der Waals surface area contributed by atoms with Crippen LogP contribution in [0.1, 0.15) is 18.5 Å². The van der Waals surface area contributed by atoms with Crippen molar-refractivity contribution in [3.63, 3.8) is 0 Å². The van der Waals surface area contributed by atoms with Crippen LogP contribution in [-0.4, -0.2) is 7.11 Å². The lowest BCUT2D eigenvalue weighted by atomic mass is 10.1. The molecule has 1 unspecified atom stereocenters. The number of ether oxygens (including phenoxy) is 1. The third-order valence-corrected chi connectivity index (χ3v) is 4.03. The van der Waals surface area contributed by atoms with Crippen LogP contribution in [0.5, 0.6) is 5.75 Å². The number of rotatable bonds is 4. The highest BCUT2D eigenvalue weighted by molar-refractivity contribution is 6.44. The second-order valence-electron chi connectivity index (χ2n) is 4.39. The zero-order valence-electron chi connectivity index (χ0n) is 11.1. The average molecular weight is 331 g/mol. The summed E-state index contributed by atoms with van der Waals surface area (Å²) >= 11 is 18.1. The summed E-state index contributed by atoms with van der Waals surface area (Å²) in [5.41, 5.74) is 1.87. The van der Waals surface area contributed by atoms with Crippen molar-refractivity contribution in [1.29, 1.82) is 0 Å². The van der Waals surface area contributed by atoms with Crippen molar-refractivity contribution in [3.8, 4) is 5.75 Å². The van der Waals surface area contributed by atoms with Crippen LogP contribution in [-0.2, 0) is 0 Å². The number of methoxy groups -OCH3 is 1. The third-order valence-electron chi connectivity index (χ3n) is 3.00. The molecule has 2 nitrogen and oxygen atoms in total. The fourth-order valence-electron chi connectivity index (χ4n) is 1.84. The molecule has 2 aromatic carbocycles. The van der Waals surface area contributed by atoms with Crippen molar-refractivity contribution in [2.75, 3.05) is 12.4 Å².